The molecule has 0 saturated heterocycles. The minimum absolute atomic E-state index is 0.0291. The molecule has 110 valence electrons. The Morgan fingerprint density at radius 2 is 1.74 bits per heavy atom. The van der Waals surface area contributed by atoms with Crippen molar-refractivity contribution in [2.75, 3.05) is 11.9 Å². The zero-order chi connectivity index (χ0) is 15.0. The summed E-state index contributed by atoms with van der Waals surface area (Å²) in [4.78, 5) is 7.97. The van der Waals surface area contributed by atoms with Crippen molar-refractivity contribution in [2.45, 2.75) is 66.5 Å². The topological polar surface area (TPSA) is 36.4 Å². The van der Waals surface area contributed by atoms with Gasteiger partial charge in [-0.2, -0.15) is 0 Å². The molecule has 0 aliphatic carbocycles. The van der Waals surface area contributed by atoms with Gasteiger partial charge in [0.15, 0.2) is 5.13 Å². The third-order valence-electron chi connectivity index (χ3n) is 3.68. The summed E-state index contributed by atoms with van der Waals surface area (Å²) in [6.07, 6.45) is 0. The summed E-state index contributed by atoms with van der Waals surface area (Å²) in [7, 11) is 2.09. The highest BCUT2D eigenvalue weighted by Gasteiger charge is 2.29. The second kappa shape index (κ2) is 5.41. The maximum atomic E-state index is 9.53. The molecular formula is C15H28N2OS. The van der Waals surface area contributed by atoms with E-state index < -0.39 is 0 Å². The van der Waals surface area contributed by atoms with Crippen LogP contribution in [0.1, 0.15) is 59.0 Å². The Balaban J connectivity index is 3.13. The maximum absolute atomic E-state index is 9.53. The third kappa shape index (κ3) is 3.69. The van der Waals surface area contributed by atoms with Crippen LogP contribution in [0.5, 0.6) is 0 Å². The lowest BCUT2D eigenvalue weighted by atomic mass is 9.87. The average molecular weight is 284 g/mol. The van der Waals surface area contributed by atoms with E-state index >= 15 is 0 Å². The first-order chi connectivity index (χ1) is 8.48. The zero-order valence-corrected chi connectivity index (χ0v) is 14.4. The third-order valence-corrected chi connectivity index (χ3v) is 4.81. The van der Waals surface area contributed by atoms with Gasteiger partial charge in [-0.3, -0.25) is 0 Å². The minimum atomic E-state index is -0.0291. The molecule has 1 N–H and O–H groups in total. The van der Waals surface area contributed by atoms with E-state index in [-0.39, 0.29) is 17.4 Å². The lowest BCUT2D eigenvalue weighted by molar-refractivity contribution is 0.282. The molecular weight excluding hydrogens is 256 g/mol. The molecule has 0 aromatic carbocycles. The Hall–Kier alpha value is -0.610. The van der Waals surface area contributed by atoms with Crippen LogP contribution in [0, 0.1) is 5.41 Å². The standard InChI is InChI=1S/C15H28N2OS/c1-10(14(2,3)4)17(8)13-16-12(15(5,6)7)11(9-18)19-13/h10,18H,9H2,1-8H3. The van der Waals surface area contributed by atoms with Gasteiger partial charge in [-0.1, -0.05) is 52.9 Å². The smallest absolute Gasteiger partial charge is 0.185 e. The van der Waals surface area contributed by atoms with Gasteiger partial charge in [-0.05, 0) is 12.3 Å². The molecule has 0 spiro atoms. The molecule has 1 atom stereocenters. The number of rotatable bonds is 3. The Labute approximate surface area is 121 Å². The quantitative estimate of drug-likeness (QED) is 0.917. The van der Waals surface area contributed by atoms with E-state index in [1.165, 1.54) is 0 Å². The van der Waals surface area contributed by atoms with Gasteiger partial charge >= 0.3 is 0 Å². The van der Waals surface area contributed by atoms with E-state index in [0.717, 1.165) is 15.7 Å². The number of nitrogens with zero attached hydrogens (tertiary/aromatic N) is 2. The van der Waals surface area contributed by atoms with Crippen molar-refractivity contribution in [3.63, 3.8) is 0 Å². The maximum Gasteiger partial charge on any atom is 0.185 e. The van der Waals surface area contributed by atoms with Gasteiger partial charge in [-0.15, -0.1) is 0 Å². The monoisotopic (exact) mass is 284 g/mol. The molecule has 1 aromatic rings. The molecule has 0 aliphatic heterocycles. The van der Waals surface area contributed by atoms with E-state index in [1.54, 1.807) is 11.3 Å². The van der Waals surface area contributed by atoms with Gasteiger partial charge in [-0.25, -0.2) is 4.98 Å². The van der Waals surface area contributed by atoms with Gasteiger partial charge in [0.2, 0.25) is 0 Å². The zero-order valence-electron chi connectivity index (χ0n) is 13.5. The van der Waals surface area contributed by atoms with Crippen LogP contribution in [0.15, 0.2) is 0 Å². The molecule has 3 nitrogen and oxygen atoms in total. The number of aromatic nitrogens is 1. The number of hydrogen-bond acceptors (Lipinski definition) is 4. The second-order valence-electron chi connectivity index (χ2n) is 7.33. The fourth-order valence-electron chi connectivity index (χ4n) is 1.93. The van der Waals surface area contributed by atoms with E-state index in [4.69, 9.17) is 4.98 Å². The lowest BCUT2D eigenvalue weighted by Crippen LogP contribution is -2.39. The largest absolute Gasteiger partial charge is 0.391 e. The summed E-state index contributed by atoms with van der Waals surface area (Å²) in [6, 6.07) is 0.387. The summed E-state index contributed by atoms with van der Waals surface area (Å²) in [5.74, 6) is 0. The van der Waals surface area contributed by atoms with Crippen LogP contribution in [0.2, 0.25) is 0 Å². The molecule has 0 aliphatic rings. The molecule has 0 amide bonds. The van der Waals surface area contributed by atoms with Crippen LogP contribution < -0.4 is 4.90 Å². The Bertz CT molecular complexity index is 426. The number of anilines is 1. The minimum Gasteiger partial charge on any atom is -0.391 e. The van der Waals surface area contributed by atoms with E-state index in [9.17, 15) is 5.11 Å². The van der Waals surface area contributed by atoms with E-state index in [1.807, 2.05) is 0 Å². The highest BCUT2D eigenvalue weighted by atomic mass is 32.1. The molecule has 0 fully saturated rings. The Morgan fingerprint density at radius 3 is 2.05 bits per heavy atom. The molecule has 1 heterocycles. The van der Waals surface area contributed by atoms with Crippen LogP contribution in [0.25, 0.3) is 0 Å². The van der Waals surface area contributed by atoms with Crippen LogP contribution in [0.4, 0.5) is 5.13 Å². The van der Waals surface area contributed by atoms with Crippen molar-refractivity contribution in [2.24, 2.45) is 5.41 Å². The van der Waals surface area contributed by atoms with Gasteiger partial charge in [0, 0.05) is 18.5 Å². The summed E-state index contributed by atoms with van der Waals surface area (Å²) < 4.78 is 0. The molecule has 1 unspecified atom stereocenters. The summed E-state index contributed by atoms with van der Waals surface area (Å²) in [6.45, 7) is 15.4. The highest BCUT2D eigenvalue weighted by Crippen LogP contribution is 2.36. The summed E-state index contributed by atoms with van der Waals surface area (Å²) in [5.41, 5.74) is 1.18. The van der Waals surface area contributed by atoms with Gasteiger partial charge in [0.1, 0.15) is 0 Å². The number of hydrogen-bond donors (Lipinski definition) is 1. The Morgan fingerprint density at radius 1 is 1.21 bits per heavy atom. The molecule has 1 rings (SSSR count). The summed E-state index contributed by atoms with van der Waals surface area (Å²) in [5, 5.41) is 10.5. The summed E-state index contributed by atoms with van der Waals surface area (Å²) >= 11 is 1.60. The highest BCUT2D eigenvalue weighted by molar-refractivity contribution is 7.15. The molecule has 0 bridgehead atoms. The number of aliphatic hydroxyl groups is 1. The van der Waals surface area contributed by atoms with Crippen molar-refractivity contribution in [3.8, 4) is 0 Å². The predicted molar refractivity (Wildman–Crippen MR) is 84.1 cm³/mol. The molecule has 0 saturated carbocycles. The lowest BCUT2D eigenvalue weighted by Gasteiger charge is -2.35. The van der Waals surface area contributed by atoms with Crippen LogP contribution >= 0.6 is 11.3 Å². The van der Waals surface area contributed by atoms with Crippen molar-refractivity contribution >= 4 is 16.5 Å². The number of thiazole rings is 1. The van der Waals surface area contributed by atoms with Crippen LogP contribution in [0.3, 0.4) is 0 Å². The van der Waals surface area contributed by atoms with Gasteiger partial charge in [0.05, 0.1) is 17.2 Å². The fraction of sp³-hybridized carbons (Fsp3) is 0.800. The molecule has 4 heteroatoms. The SMILES string of the molecule is CC(N(C)c1nc(C(C)(C)C)c(CO)s1)C(C)(C)C. The van der Waals surface area contributed by atoms with Crippen molar-refractivity contribution in [1.82, 2.24) is 4.98 Å². The van der Waals surface area contributed by atoms with E-state index in [2.05, 4.69) is 60.4 Å². The normalized spacial score (nSPS) is 14.6. The first kappa shape index (κ1) is 16.4. The van der Waals surface area contributed by atoms with Crippen molar-refractivity contribution in [3.05, 3.63) is 10.6 Å². The van der Waals surface area contributed by atoms with Crippen LogP contribution in [-0.2, 0) is 12.0 Å². The number of aliphatic hydroxyl groups excluding tert-OH is 1. The molecule has 1 aromatic heterocycles. The van der Waals surface area contributed by atoms with E-state index in [0.29, 0.717) is 6.04 Å². The first-order valence-corrected chi connectivity index (χ1v) is 7.64. The van der Waals surface area contributed by atoms with Gasteiger partial charge in [0.25, 0.3) is 0 Å². The second-order valence-corrected chi connectivity index (χ2v) is 8.39. The average Bonchev–Trinajstić information content (AvgIpc) is 2.69. The van der Waals surface area contributed by atoms with Crippen molar-refractivity contribution < 1.29 is 5.11 Å². The first-order valence-electron chi connectivity index (χ1n) is 6.82. The fourth-order valence-corrected chi connectivity index (χ4v) is 3.10. The predicted octanol–water partition coefficient (Wildman–Crippen LogP) is 3.80. The molecule has 0 radical (unpaired) electrons. The van der Waals surface area contributed by atoms with Gasteiger partial charge < -0.3 is 10.0 Å². The molecule has 19 heavy (non-hydrogen) atoms. The van der Waals surface area contributed by atoms with Crippen LogP contribution in [-0.4, -0.2) is 23.2 Å². The Kier molecular flexibility index (Phi) is 4.68. The van der Waals surface area contributed by atoms with Crippen molar-refractivity contribution in [1.29, 1.82) is 0 Å².